The number of thiocarbonyl (C=S) groups is 1. The second-order valence-electron chi connectivity index (χ2n) is 3.34. The van der Waals surface area contributed by atoms with Crippen LogP contribution in [0, 0.1) is 0 Å². The zero-order chi connectivity index (χ0) is 12.7. The Morgan fingerprint density at radius 3 is 2.94 bits per heavy atom. The molecule has 0 saturated carbocycles. The van der Waals surface area contributed by atoms with Crippen LogP contribution in [0.5, 0.6) is 5.75 Å². The van der Waals surface area contributed by atoms with E-state index in [1.165, 1.54) is 0 Å². The summed E-state index contributed by atoms with van der Waals surface area (Å²) < 4.78 is 5.13. The Hall–Kier alpha value is -1.88. The fraction of sp³-hybridized carbons (Fsp3) is 0.167. The van der Waals surface area contributed by atoms with E-state index < -0.39 is 0 Å². The zero-order valence-electron chi connectivity index (χ0n) is 9.81. The van der Waals surface area contributed by atoms with Crippen molar-refractivity contribution in [3.8, 4) is 5.75 Å². The molecule has 0 aliphatic heterocycles. The average molecular weight is 249 g/mol. The SMILES string of the molecule is COc1cccc(/C=C\C(C)=N\NC(N)=S)c1. The number of nitrogens with one attached hydrogen (secondary N) is 1. The molecule has 1 aromatic carbocycles. The van der Waals surface area contributed by atoms with Crippen LogP contribution in [0.15, 0.2) is 35.4 Å². The molecule has 0 heterocycles. The molecule has 0 aliphatic rings. The highest BCUT2D eigenvalue weighted by atomic mass is 32.1. The molecule has 0 unspecified atom stereocenters. The van der Waals surface area contributed by atoms with Gasteiger partial charge in [-0.2, -0.15) is 5.10 Å². The lowest BCUT2D eigenvalue weighted by molar-refractivity contribution is 0.414. The van der Waals surface area contributed by atoms with Crippen molar-refractivity contribution >= 4 is 29.1 Å². The lowest BCUT2D eigenvalue weighted by Gasteiger charge is -2.00. The van der Waals surface area contributed by atoms with Crippen LogP contribution in [0.4, 0.5) is 0 Å². The molecular formula is C12H15N3OS. The van der Waals surface area contributed by atoms with Crippen LogP contribution in [0.2, 0.25) is 0 Å². The number of methoxy groups -OCH3 is 1. The molecule has 0 aromatic heterocycles. The summed E-state index contributed by atoms with van der Waals surface area (Å²) in [6, 6.07) is 7.74. The zero-order valence-corrected chi connectivity index (χ0v) is 10.6. The Labute approximate surface area is 106 Å². The number of benzene rings is 1. The summed E-state index contributed by atoms with van der Waals surface area (Å²) in [6.07, 6.45) is 3.79. The lowest BCUT2D eigenvalue weighted by Crippen LogP contribution is -2.24. The molecule has 4 nitrogen and oxygen atoms in total. The van der Waals surface area contributed by atoms with E-state index in [1.807, 2.05) is 43.3 Å². The maximum atomic E-state index is 5.26. The smallest absolute Gasteiger partial charge is 0.184 e. The lowest BCUT2D eigenvalue weighted by atomic mass is 10.2. The van der Waals surface area contributed by atoms with Gasteiger partial charge in [0.1, 0.15) is 5.75 Å². The monoisotopic (exact) mass is 249 g/mol. The molecule has 90 valence electrons. The summed E-state index contributed by atoms with van der Waals surface area (Å²) in [5, 5.41) is 4.12. The van der Waals surface area contributed by atoms with Crippen molar-refractivity contribution in [2.45, 2.75) is 6.92 Å². The third-order valence-corrected chi connectivity index (χ3v) is 2.04. The van der Waals surface area contributed by atoms with Crippen LogP contribution in [0.3, 0.4) is 0 Å². The van der Waals surface area contributed by atoms with Crippen molar-refractivity contribution in [1.82, 2.24) is 5.43 Å². The second-order valence-corrected chi connectivity index (χ2v) is 3.78. The molecule has 5 heteroatoms. The molecule has 1 aromatic rings. The quantitative estimate of drug-likeness (QED) is 0.486. The highest BCUT2D eigenvalue weighted by molar-refractivity contribution is 7.80. The number of hydrogen-bond acceptors (Lipinski definition) is 3. The van der Waals surface area contributed by atoms with Crippen LogP contribution in [0.25, 0.3) is 6.08 Å². The summed E-state index contributed by atoms with van der Waals surface area (Å²) in [4.78, 5) is 0. The van der Waals surface area contributed by atoms with E-state index in [4.69, 9.17) is 10.5 Å². The second kappa shape index (κ2) is 6.65. The first-order chi connectivity index (χ1) is 8.11. The van der Waals surface area contributed by atoms with Gasteiger partial charge in [-0.1, -0.05) is 18.2 Å². The van der Waals surface area contributed by atoms with Gasteiger partial charge >= 0.3 is 0 Å². The van der Waals surface area contributed by atoms with Crippen LogP contribution in [-0.4, -0.2) is 17.9 Å². The Balaban J connectivity index is 2.69. The Kier molecular flexibility index (Phi) is 5.16. The van der Waals surface area contributed by atoms with E-state index in [-0.39, 0.29) is 5.11 Å². The summed E-state index contributed by atoms with van der Waals surface area (Å²) in [5.74, 6) is 0.822. The van der Waals surface area contributed by atoms with Crippen molar-refractivity contribution in [2.75, 3.05) is 7.11 Å². The molecule has 0 atom stereocenters. The van der Waals surface area contributed by atoms with Gasteiger partial charge in [-0.15, -0.1) is 0 Å². The van der Waals surface area contributed by atoms with Gasteiger partial charge in [0.2, 0.25) is 0 Å². The van der Waals surface area contributed by atoms with Gasteiger partial charge < -0.3 is 10.5 Å². The topological polar surface area (TPSA) is 59.6 Å². The number of nitrogens with zero attached hydrogens (tertiary/aromatic N) is 1. The fourth-order valence-corrected chi connectivity index (χ4v) is 1.19. The number of rotatable bonds is 4. The summed E-state index contributed by atoms with van der Waals surface area (Å²) in [5.41, 5.74) is 9.60. The first-order valence-corrected chi connectivity index (χ1v) is 5.44. The van der Waals surface area contributed by atoms with E-state index >= 15 is 0 Å². The minimum atomic E-state index is 0.152. The van der Waals surface area contributed by atoms with Crippen LogP contribution in [-0.2, 0) is 0 Å². The maximum Gasteiger partial charge on any atom is 0.184 e. The fourth-order valence-electron chi connectivity index (χ4n) is 1.14. The average Bonchev–Trinajstić information content (AvgIpc) is 2.34. The first-order valence-electron chi connectivity index (χ1n) is 5.03. The van der Waals surface area contributed by atoms with Crippen molar-refractivity contribution in [3.05, 3.63) is 35.9 Å². The molecule has 0 radical (unpaired) electrons. The summed E-state index contributed by atoms with van der Waals surface area (Å²) >= 11 is 4.64. The van der Waals surface area contributed by atoms with Crippen molar-refractivity contribution in [1.29, 1.82) is 0 Å². The number of hydrazone groups is 1. The first kappa shape index (κ1) is 13.2. The molecular weight excluding hydrogens is 234 g/mol. The number of ether oxygens (including phenoxy) is 1. The van der Waals surface area contributed by atoms with Gasteiger partial charge in [0.25, 0.3) is 0 Å². The van der Waals surface area contributed by atoms with Crippen LogP contribution >= 0.6 is 12.2 Å². The molecule has 0 aliphatic carbocycles. The van der Waals surface area contributed by atoms with E-state index in [9.17, 15) is 0 Å². The molecule has 0 saturated heterocycles. The number of nitrogens with two attached hydrogens (primary N) is 1. The predicted molar refractivity (Wildman–Crippen MR) is 75.1 cm³/mol. The van der Waals surface area contributed by atoms with Gasteiger partial charge in [-0.25, -0.2) is 0 Å². The van der Waals surface area contributed by atoms with Crippen molar-refractivity contribution < 1.29 is 4.74 Å². The number of allylic oxidation sites excluding steroid dienone is 1. The molecule has 0 bridgehead atoms. The minimum absolute atomic E-state index is 0.152. The highest BCUT2D eigenvalue weighted by Crippen LogP contribution is 2.13. The predicted octanol–water partition coefficient (Wildman–Crippen LogP) is 1.92. The van der Waals surface area contributed by atoms with Crippen LogP contribution < -0.4 is 15.9 Å². The highest BCUT2D eigenvalue weighted by Gasteiger charge is 1.92. The van der Waals surface area contributed by atoms with Gasteiger partial charge in [-0.3, -0.25) is 5.43 Å². The van der Waals surface area contributed by atoms with Crippen LogP contribution in [0.1, 0.15) is 12.5 Å². The van der Waals surface area contributed by atoms with Gasteiger partial charge in [0, 0.05) is 0 Å². The van der Waals surface area contributed by atoms with Crippen molar-refractivity contribution in [2.24, 2.45) is 10.8 Å². The Morgan fingerprint density at radius 1 is 1.53 bits per heavy atom. The van der Waals surface area contributed by atoms with Gasteiger partial charge in [0.05, 0.1) is 12.8 Å². The van der Waals surface area contributed by atoms with E-state index in [0.717, 1.165) is 17.0 Å². The molecule has 17 heavy (non-hydrogen) atoms. The normalized spacial score (nSPS) is 11.5. The van der Waals surface area contributed by atoms with Crippen molar-refractivity contribution in [3.63, 3.8) is 0 Å². The minimum Gasteiger partial charge on any atom is -0.497 e. The third kappa shape index (κ3) is 5.12. The molecule has 0 fully saturated rings. The van der Waals surface area contributed by atoms with E-state index in [0.29, 0.717) is 0 Å². The summed E-state index contributed by atoms with van der Waals surface area (Å²) in [6.45, 7) is 1.85. The molecule has 0 amide bonds. The summed E-state index contributed by atoms with van der Waals surface area (Å²) in [7, 11) is 1.64. The number of hydrogen-bond donors (Lipinski definition) is 2. The van der Waals surface area contributed by atoms with E-state index in [1.54, 1.807) is 7.11 Å². The Morgan fingerprint density at radius 2 is 2.29 bits per heavy atom. The largest absolute Gasteiger partial charge is 0.497 e. The molecule has 1 rings (SSSR count). The third-order valence-electron chi connectivity index (χ3n) is 1.95. The standard InChI is InChI=1S/C12H15N3OS/c1-9(14-15-12(13)17)6-7-10-4-3-5-11(8-10)16-2/h3-8H,1-2H3,(H3,13,15,17)/b7-6-,14-9+. The maximum absolute atomic E-state index is 5.26. The molecule has 0 spiro atoms. The molecule has 3 N–H and O–H groups in total. The van der Waals surface area contributed by atoms with Gasteiger partial charge in [0.15, 0.2) is 5.11 Å². The van der Waals surface area contributed by atoms with Gasteiger partial charge in [-0.05, 0) is 42.9 Å². The van der Waals surface area contributed by atoms with E-state index in [2.05, 4.69) is 22.7 Å². The Bertz CT molecular complexity index is 455.